The Morgan fingerprint density at radius 1 is 1.40 bits per heavy atom. The second kappa shape index (κ2) is 6.62. The van der Waals surface area contributed by atoms with Crippen LogP contribution in [0.4, 0.5) is 0 Å². The number of carbonyl (C=O) groups excluding carboxylic acids is 1. The summed E-state index contributed by atoms with van der Waals surface area (Å²) in [4.78, 5) is 11.0. The van der Waals surface area contributed by atoms with Gasteiger partial charge in [0.05, 0.1) is 6.61 Å². The number of halogens is 1. The minimum absolute atomic E-state index is 0. The molecule has 0 aliphatic carbocycles. The van der Waals surface area contributed by atoms with Gasteiger partial charge in [-0.15, -0.1) is 0 Å². The number of esters is 1. The quantitative estimate of drug-likeness (QED) is 0.621. The highest BCUT2D eigenvalue weighted by molar-refractivity contribution is 9.09. The Morgan fingerprint density at radius 2 is 1.93 bits per heavy atom. The molecule has 0 spiro atoms. The lowest BCUT2D eigenvalue weighted by Crippen LogP contribution is -2.10. The molecule has 0 aromatic heterocycles. The maximum Gasteiger partial charge on any atom is 0.324 e. The molecule has 0 fully saturated rings. The van der Waals surface area contributed by atoms with Crippen LogP contribution in [0.15, 0.2) is 24.3 Å². The van der Waals surface area contributed by atoms with E-state index in [1.165, 1.54) is 5.56 Å². The van der Waals surface area contributed by atoms with Gasteiger partial charge in [-0.2, -0.15) is 0 Å². The maximum atomic E-state index is 11.4. The molecule has 0 aliphatic heterocycles. The molecule has 2 nitrogen and oxygen atoms in total. The summed E-state index contributed by atoms with van der Waals surface area (Å²) in [5.41, 5.74) is 2.10. The molecular formula is C12H17BrO2. The molecule has 0 heterocycles. The monoisotopic (exact) mass is 272 g/mol. The highest BCUT2D eigenvalue weighted by atomic mass is 79.9. The van der Waals surface area contributed by atoms with E-state index in [-0.39, 0.29) is 18.2 Å². The van der Waals surface area contributed by atoms with E-state index in [9.17, 15) is 4.79 Å². The minimum Gasteiger partial charge on any atom is -0.465 e. The molecule has 1 aromatic carbocycles. The Morgan fingerprint density at radius 3 is 2.40 bits per heavy atom. The van der Waals surface area contributed by atoms with E-state index in [0.29, 0.717) is 6.61 Å². The molecule has 0 radical (unpaired) electrons. The van der Waals surface area contributed by atoms with Crippen LogP contribution in [0.25, 0.3) is 0 Å². The zero-order chi connectivity index (χ0) is 10.6. The lowest BCUT2D eigenvalue weighted by Gasteiger charge is -2.09. The molecule has 0 saturated heterocycles. The number of rotatable bonds is 3. The molecule has 1 aromatic rings. The van der Waals surface area contributed by atoms with Crippen LogP contribution in [-0.2, 0) is 9.53 Å². The second-order valence-corrected chi connectivity index (χ2v) is 3.94. The summed E-state index contributed by atoms with van der Waals surface area (Å²) in [5, 5.41) is 0. The van der Waals surface area contributed by atoms with Gasteiger partial charge in [-0.1, -0.05) is 53.2 Å². The number of benzene rings is 1. The van der Waals surface area contributed by atoms with Crippen LogP contribution >= 0.6 is 15.9 Å². The Hall–Kier alpha value is -0.830. The van der Waals surface area contributed by atoms with Gasteiger partial charge >= 0.3 is 5.97 Å². The summed E-state index contributed by atoms with van der Waals surface area (Å²) >= 11 is 3.30. The van der Waals surface area contributed by atoms with Gasteiger partial charge in [0.25, 0.3) is 0 Å². The zero-order valence-corrected chi connectivity index (χ0v) is 9.87. The van der Waals surface area contributed by atoms with E-state index >= 15 is 0 Å². The Bertz CT molecular complexity index is 306. The van der Waals surface area contributed by atoms with Gasteiger partial charge < -0.3 is 4.74 Å². The van der Waals surface area contributed by atoms with Gasteiger partial charge in [0.15, 0.2) is 0 Å². The number of carbonyl (C=O) groups is 1. The molecule has 0 aliphatic rings. The topological polar surface area (TPSA) is 26.3 Å². The highest BCUT2D eigenvalue weighted by Gasteiger charge is 2.17. The lowest BCUT2D eigenvalue weighted by molar-refractivity contribution is -0.142. The third-order valence-electron chi connectivity index (χ3n) is 1.86. The van der Waals surface area contributed by atoms with E-state index < -0.39 is 0 Å². The average Bonchev–Trinajstić information content (AvgIpc) is 2.18. The fraction of sp³-hybridized carbons (Fsp3) is 0.417. The summed E-state index contributed by atoms with van der Waals surface area (Å²) in [6.07, 6.45) is 0. The number of alkyl halides is 1. The average molecular weight is 273 g/mol. The van der Waals surface area contributed by atoms with Gasteiger partial charge in [0.2, 0.25) is 0 Å². The molecule has 15 heavy (non-hydrogen) atoms. The summed E-state index contributed by atoms with van der Waals surface area (Å²) in [7, 11) is 0. The molecule has 1 atom stereocenters. The van der Waals surface area contributed by atoms with E-state index in [2.05, 4.69) is 15.9 Å². The fourth-order valence-electron chi connectivity index (χ4n) is 1.09. The maximum absolute atomic E-state index is 11.4. The number of hydrogen-bond donors (Lipinski definition) is 0. The van der Waals surface area contributed by atoms with Crippen LogP contribution in [0.2, 0.25) is 0 Å². The summed E-state index contributed by atoms with van der Waals surface area (Å²) in [5.74, 6) is -0.239. The van der Waals surface area contributed by atoms with Crippen molar-refractivity contribution in [1.29, 1.82) is 0 Å². The summed E-state index contributed by atoms with van der Waals surface area (Å²) < 4.78 is 4.90. The van der Waals surface area contributed by atoms with Crippen molar-refractivity contribution in [2.45, 2.75) is 26.1 Å². The van der Waals surface area contributed by atoms with Crippen molar-refractivity contribution in [2.24, 2.45) is 0 Å². The van der Waals surface area contributed by atoms with Crippen molar-refractivity contribution in [1.82, 2.24) is 0 Å². The van der Waals surface area contributed by atoms with Gasteiger partial charge in [0, 0.05) is 0 Å². The second-order valence-electron chi connectivity index (χ2n) is 3.03. The summed E-state index contributed by atoms with van der Waals surface area (Å²) in [6.45, 7) is 4.22. The lowest BCUT2D eigenvalue weighted by atomic mass is 10.1. The smallest absolute Gasteiger partial charge is 0.324 e. The molecule has 0 amide bonds. The van der Waals surface area contributed by atoms with Crippen molar-refractivity contribution < 1.29 is 9.53 Å². The van der Waals surface area contributed by atoms with Crippen LogP contribution in [0.5, 0.6) is 0 Å². The van der Waals surface area contributed by atoms with Crippen LogP contribution in [0, 0.1) is 6.92 Å². The minimum atomic E-state index is -0.358. The zero-order valence-electron chi connectivity index (χ0n) is 8.29. The van der Waals surface area contributed by atoms with Gasteiger partial charge in [0.1, 0.15) is 4.83 Å². The number of ether oxygens (including phenoxy) is 1. The van der Waals surface area contributed by atoms with Crippen LogP contribution in [0.1, 0.15) is 30.3 Å². The van der Waals surface area contributed by atoms with Gasteiger partial charge in [-0.05, 0) is 19.4 Å². The number of aryl methyl sites for hydroxylation is 1. The summed E-state index contributed by atoms with van der Waals surface area (Å²) in [6, 6.07) is 7.79. The van der Waals surface area contributed by atoms with Crippen molar-refractivity contribution in [3.8, 4) is 0 Å². The van der Waals surface area contributed by atoms with Gasteiger partial charge in [-0.3, -0.25) is 4.79 Å². The third-order valence-corrected chi connectivity index (χ3v) is 2.77. The van der Waals surface area contributed by atoms with Crippen LogP contribution < -0.4 is 0 Å². The normalized spacial score (nSPS) is 11.4. The first kappa shape index (κ1) is 14.2. The Kier molecular flexibility index (Phi) is 6.25. The van der Waals surface area contributed by atoms with Crippen LogP contribution in [0.3, 0.4) is 0 Å². The molecule has 0 N–H and O–H groups in total. The highest BCUT2D eigenvalue weighted by Crippen LogP contribution is 2.24. The van der Waals surface area contributed by atoms with E-state index in [4.69, 9.17) is 4.74 Å². The largest absolute Gasteiger partial charge is 0.465 e. The predicted molar refractivity (Wildman–Crippen MR) is 66.2 cm³/mol. The Balaban J connectivity index is 0.00000196. The first-order chi connectivity index (χ1) is 6.65. The Labute approximate surface area is 99.8 Å². The van der Waals surface area contributed by atoms with Crippen molar-refractivity contribution in [3.05, 3.63) is 35.4 Å². The van der Waals surface area contributed by atoms with Crippen molar-refractivity contribution >= 4 is 21.9 Å². The molecular weight excluding hydrogens is 256 g/mol. The molecule has 0 bridgehead atoms. The van der Waals surface area contributed by atoms with Crippen LogP contribution in [-0.4, -0.2) is 12.6 Å². The number of hydrogen-bond acceptors (Lipinski definition) is 2. The van der Waals surface area contributed by atoms with E-state index in [0.717, 1.165) is 5.56 Å². The predicted octanol–water partition coefficient (Wildman–Crippen LogP) is 3.63. The van der Waals surface area contributed by atoms with E-state index in [1.54, 1.807) is 6.92 Å². The van der Waals surface area contributed by atoms with E-state index in [1.807, 2.05) is 31.2 Å². The first-order valence-corrected chi connectivity index (χ1v) is 5.44. The molecule has 3 heteroatoms. The molecule has 1 unspecified atom stereocenters. The van der Waals surface area contributed by atoms with Gasteiger partial charge in [-0.25, -0.2) is 0 Å². The SMILES string of the molecule is C.CCOC(=O)C(Br)c1ccc(C)cc1. The standard InChI is InChI=1S/C11H13BrO2.CH4/c1-3-14-11(13)10(12)9-6-4-8(2)5-7-9;/h4-7,10H,3H2,1-2H3;1H4. The van der Waals surface area contributed by atoms with Crippen molar-refractivity contribution in [2.75, 3.05) is 6.61 Å². The molecule has 0 saturated carbocycles. The first-order valence-electron chi connectivity index (χ1n) is 4.52. The molecule has 1 rings (SSSR count). The third kappa shape index (κ3) is 4.04. The fourth-order valence-corrected chi connectivity index (χ4v) is 1.52. The molecule has 84 valence electrons. The van der Waals surface area contributed by atoms with Crippen molar-refractivity contribution in [3.63, 3.8) is 0 Å².